The van der Waals surface area contributed by atoms with E-state index < -0.39 is 11.7 Å². The molecule has 29 heavy (non-hydrogen) atoms. The Bertz CT molecular complexity index is 817. The molecule has 154 valence electrons. The molecule has 6 heteroatoms. The van der Waals surface area contributed by atoms with Crippen LogP contribution in [-0.2, 0) is 11.2 Å². The SMILES string of the molecule is NC(=O)C(=O)c1ccccc1.c1cc2c(cc1CCCN1CCCC1)OCCO2. The van der Waals surface area contributed by atoms with Crippen molar-refractivity contribution in [1.29, 1.82) is 0 Å². The fraction of sp³-hybridized carbons (Fsp3) is 0.391. The molecule has 1 saturated heterocycles. The van der Waals surface area contributed by atoms with Gasteiger partial charge in [-0.2, -0.15) is 0 Å². The Kier molecular flexibility index (Phi) is 7.64. The maximum atomic E-state index is 10.9. The number of nitrogens with two attached hydrogens (primary N) is 1. The average Bonchev–Trinajstić information content (AvgIpc) is 3.28. The van der Waals surface area contributed by atoms with Crippen LogP contribution in [-0.4, -0.2) is 49.4 Å². The molecule has 0 unspecified atom stereocenters. The lowest BCUT2D eigenvalue weighted by Crippen LogP contribution is -2.22. The van der Waals surface area contributed by atoms with Crippen LogP contribution in [0.4, 0.5) is 0 Å². The van der Waals surface area contributed by atoms with Crippen LogP contribution in [0.25, 0.3) is 0 Å². The third kappa shape index (κ3) is 6.32. The number of likely N-dealkylation sites (tertiary alicyclic amines) is 1. The monoisotopic (exact) mass is 396 g/mol. The number of aryl methyl sites for hydroxylation is 1. The number of fused-ring (bicyclic) bond motifs is 1. The number of hydrogen-bond acceptors (Lipinski definition) is 5. The highest BCUT2D eigenvalue weighted by Gasteiger charge is 2.13. The van der Waals surface area contributed by atoms with Crippen LogP contribution in [0.1, 0.15) is 35.2 Å². The first-order chi connectivity index (χ1) is 14.1. The first-order valence-corrected chi connectivity index (χ1v) is 10.1. The second-order valence-corrected chi connectivity index (χ2v) is 7.19. The van der Waals surface area contributed by atoms with Gasteiger partial charge in [0.05, 0.1) is 0 Å². The van der Waals surface area contributed by atoms with E-state index in [9.17, 15) is 9.59 Å². The van der Waals surface area contributed by atoms with Crippen molar-refractivity contribution in [3.05, 3.63) is 59.7 Å². The zero-order chi connectivity index (χ0) is 20.5. The lowest BCUT2D eigenvalue weighted by Gasteiger charge is -2.19. The van der Waals surface area contributed by atoms with Gasteiger partial charge in [0.25, 0.3) is 5.91 Å². The molecule has 0 atom stereocenters. The molecule has 6 nitrogen and oxygen atoms in total. The molecule has 2 aliphatic rings. The van der Waals surface area contributed by atoms with E-state index in [0.717, 1.165) is 17.9 Å². The van der Waals surface area contributed by atoms with Gasteiger partial charge >= 0.3 is 0 Å². The highest BCUT2D eigenvalue weighted by molar-refractivity contribution is 6.42. The van der Waals surface area contributed by atoms with Crippen molar-refractivity contribution >= 4 is 11.7 Å². The third-order valence-electron chi connectivity index (χ3n) is 5.00. The number of hydrogen-bond donors (Lipinski definition) is 1. The van der Waals surface area contributed by atoms with Crippen molar-refractivity contribution in [3.63, 3.8) is 0 Å². The number of Topliss-reactive ketones (excluding diaryl/α,β-unsaturated/α-hetero) is 1. The lowest BCUT2D eigenvalue weighted by atomic mass is 10.1. The number of carbonyl (C=O) groups is 2. The maximum absolute atomic E-state index is 10.9. The topological polar surface area (TPSA) is 81.9 Å². The number of benzene rings is 2. The van der Waals surface area contributed by atoms with Crippen LogP contribution in [0, 0.1) is 0 Å². The highest BCUT2D eigenvalue weighted by Crippen LogP contribution is 2.31. The van der Waals surface area contributed by atoms with E-state index in [2.05, 4.69) is 17.0 Å². The normalized spacial score (nSPS) is 15.3. The molecule has 4 rings (SSSR count). The lowest BCUT2D eigenvalue weighted by molar-refractivity contribution is -0.114. The number of primary amides is 1. The molecule has 2 N–H and O–H groups in total. The zero-order valence-corrected chi connectivity index (χ0v) is 16.6. The van der Waals surface area contributed by atoms with Gasteiger partial charge in [-0.3, -0.25) is 9.59 Å². The molecule has 2 heterocycles. The second kappa shape index (κ2) is 10.6. The third-order valence-corrected chi connectivity index (χ3v) is 5.00. The van der Waals surface area contributed by atoms with E-state index in [-0.39, 0.29) is 0 Å². The van der Waals surface area contributed by atoms with Crippen molar-refractivity contribution in [3.8, 4) is 11.5 Å². The molecule has 0 aliphatic carbocycles. The molecular weight excluding hydrogens is 368 g/mol. The zero-order valence-electron chi connectivity index (χ0n) is 16.6. The van der Waals surface area contributed by atoms with Crippen LogP contribution in [0.3, 0.4) is 0 Å². The minimum atomic E-state index is -0.920. The Labute approximate surface area is 171 Å². The standard InChI is InChI=1S/C15H21NO2.C8H7NO2/c1-2-8-16(7-1)9-3-4-13-5-6-14-15(12-13)18-11-10-17-14;9-8(11)7(10)6-4-2-1-3-5-6/h5-6,12H,1-4,7-11H2;1-5H,(H2,9,11). The molecular formula is C23H28N2O4. The molecule has 0 saturated carbocycles. The molecule has 2 aromatic carbocycles. The van der Waals surface area contributed by atoms with Crippen LogP contribution in [0.2, 0.25) is 0 Å². The van der Waals surface area contributed by atoms with Gasteiger partial charge in [-0.05, 0) is 63.0 Å². The van der Waals surface area contributed by atoms with Gasteiger partial charge < -0.3 is 20.1 Å². The predicted molar refractivity (Wildman–Crippen MR) is 111 cm³/mol. The van der Waals surface area contributed by atoms with E-state index in [4.69, 9.17) is 15.2 Å². The Hall–Kier alpha value is -2.86. The van der Waals surface area contributed by atoms with Crippen LogP contribution in [0.5, 0.6) is 11.5 Å². The summed E-state index contributed by atoms with van der Waals surface area (Å²) in [4.78, 5) is 23.8. The summed E-state index contributed by atoms with van der Waals surface area (Å²) in [6.07, 6.45) is 5.13. The first kappa shape index (κ1) is 20.9. The molecule has 0 radical (unpaired) electrons. The minimum Gasteiger partial charge on any atom is -0.486 e. The summed E-state index contributed by atoms with van der Waals surface area (Å²) in [6, 6.07) is 14.6. The fourth-order valence-electron chi connectivity index (χ4n) is 3.49. The van der Waals surface area contributed by atoms with E-state index in [0.29, 0.717) is 18.8 Å². The Balaban J connectivity index is 0.000000188. The highest BCUT2D eigenvalue weighted by atomic mass is 16.6. The van der Waals surface area contributed by atoms with Crippen molar-refractivity contribution < 1.29 is 19.1 Å². The van der Waals surface area contributed by atoms with E-state index in [1.807, 2.05) is 6.07 Å². The molecule has 0 bridgehead atoms. The fourth-order valence-corrected chi connectivity index (χ4v) is 3.49. The Morgan fingerprint density at radius 2 is 1.62 bits per heavy atom. The maximum Gasteiger partial charge on any atom is 0.289 e. The number of ketones is 1. The molecule has 2 aliphatic heterocycles. The van der Waals surface area contributed by atoms with E-state index in [1.165, 1.54) is 44.5 Å². The van der Waals surface area contributed by atoms with Gasteiger partial charge in [0.1, 0.15) is 13.2 Å². The summed E-state index contributed by atoms with van der Waals surface area (Å²) in [5.41, 5.74) is 6.47. The van der Waals surface area contributed by atoms with E-state index in [1.54, 1.807) is 30.3 Å². The van der Waals surface area contributed by atoms with Gasteiger partial charge in [0.2, 0.25) is 5.78 Å². The molecule has 1 fully saturated rings. The summed E-state index contributed by atoms with van der Waals surface area (Å²) in [5.74, 6) is 0.242. The van der Waals surface area contributed by atoms with Crippen molar-refractivity contribution in [1.82, 2.24) is 4.90 Å². The second-order valence-electron chi connectivity index (χ2n) is 7.19. The average molecular weight is 396 g/mol. The van der Waals surface area contributed by atoms with Gasteiger partial charge in [-0.1, -0.05) is 36.4 Å². The van der Waals surface area contributed by atoms with E-state index >= 15 is 0 Å². The van der Waals surface area contributed by atoms with Crippen LogP contribution < -0.4 is 15.2 Å². The molecule has 2 aromatic rings. The van der Waals surface area contributed by atoms with Gasteiger partial charge in [0.15, 0.2) is 11.5 Å². The predicted octanol–water partition coefficient (Wildman–Crippen LogP) is 2.84. The quantitative estimate of drug-likeness (QED) is 0.600. The van der Waals surface area contributed by atoms with Crippen LogP contribution >= 0.6 is 0 Å². The van der Waals surface area contributed by atoms with Crippen LogP contribution in [0.15, 0.2) is 48.5 Å². The van der Waals surface area contributed by atoms with Gasteiger partial charge in [0, 0.05) is 5.56 Å². The van der Waals surface area contributed by atoms with Crippen molar-refractivity contribution in [2.45, 2.75) is 25.7 Å². The number of amides is 1. The van der Waals surface area contributed by atoms with Gasteiger partial charge in [-0.25, -0.2) is 0 Å². The van der Waals surface area contributed by atoms with Gasteiger partial charge in [-0.15, -0.1) is 0 Å². The summed E-state index contributed by atoms with van der Waals surface area (Å²) < 4.78 is 11.1. The summed E-state index contributed by atoms with van der Waals surface area (Å²) in [5, 5.41) is 0. The number of ether oxygens (including phenoxy) is 2. The minimum absolute atomic E-state index is 0.333. The summed E-state index contributed by atoms with van der Waals surface area (Å²) in [6.45, 7) is 5.16. The van der Waals surface area contributed by atoms with Crippen molar-refractivity contribution in [2.24, 2.45) is 5.73 Å². The largest absolute Gasteiger partial charge is 0.486 e. The van der Waals surface area contributed by atoms with Crippen molar-refractivity contribution in [2.75, 3.05) is 32.8 Å². The first-order valence-electron chi connectivity index (χ1n) is 10.1. The Morgan fingerprint density at radius 3 is 2.31 bits per heavy atom. The number of nitrogens with zero attached hydrogens (tertiary/aromatic N) is 1. The summed E-state index contributed by atoms with van der Waals surface area (Å²) >= 11 is 0. The number of rotatable bonds is 6. The smallest absolute Gasteiger partial charge is 0.289 e. The molecule has 1 amide bonds. The number of carbonyl (C=O) groups excluding carboxylic acids is 2. The molecule has 0 spiro atoms. The Morgan fingerprint density at radius 1 is 0.931 bits per heavy atom. The molecule has 0 aromatic heterocycles. The summed E-state index contributed by atoms with van der Waals surface area (Å²) in [7, 11) is 0.